The minimum absolute atomic E-state index is 0.103. The van der Waals surface area contributed by atoms with Crippen LogP contribution in [0.3, 0.4) is 0 Å². The molecule has 220 valence electrons. The van der Waals surface area contributed by atoms with Crippen molar-refractivity contribution in [2.75, 3.05) is 0 Å². The van der Waals surface area contributed by atoms with Crippen LogP contribution in [0.15, 0.2) is 70.3 Å². The highest BCUT2D eigenvalue weighted by atomic mass is 16.1. The summed E-state index contributed by atoms with van der Waals surface area (Å²) in [5.74, 6) is 0.805. The van der Waals surface area contributed by atoms with E-state index in [-0.39, 0.29) is 32.8 Å². The number of hydrogen-bond acceptors (Lipinski definition) is 2. The first-order chi connectivity index (χ1) is 19.9. The lowest BCUT2D eigenvalue weighted by Gasteiger charge is -2.36. The second-order valence-corrected chi connectivity index (χ2v) is 14.6. The quantitative estimate of drug-likeness (QED) is 0.287. The predicted molar refractivity (Wildman–Crippen MR) is 168 cm³/mol. The molecule has 2 aromatic carbocycles. The third-order valence-electron chi connectivity index (χ3n) is 12.6. The van der Waals surface area contributed by atoms with E-state index in [1.165, 1.54) is 24.2 Å². The van der Waals surface area contributed by atoms with Crippen LogP contribution in [0.2, 0.25) is 0 Å². The Hall–Kier alpha value is -3.54. The highest BCUT2D eigenvalue weighted by Crippen LogP contribution is 2.67. The van der Waals surface area contributed by atoms with Gasteiger partial charge in [0.2, 0.25) is 0 Å². The number of aromatic amines is 1. The Morgan fingerprint density at radius 3 is 1.81 bits per heavy atom. The van der Waals surface area contributed by atoms with Crippen molar-refractivity contribution in [2.45, 2.75) is 103 Å². The molecule has 4 aliphatic rings. The van der Waals surface area contributed by atoms with Gasteiger partial charge >= 0.3 is 0 Å². The van der Waals surface area contributed by atoms with E-state index in [9.17, 15) is 9.59 Å². The molecule has 2 saturated carbocycles. The van der Waals surface area contributed by atoms with Crippen molar-refractivity contribution in [3.05, 3.63) is 104 Å². The molecule has 6 heteroatoms. The molecular formula is C36H44N4O2. The number of aromatic nitrogens is 4. The summed E-state index contributed by atoms with van der Waals surface area (Å²) in [5, 5.41) is 3.41. The minimum atomic E-state index is 0.103. The Labute approximate surface area is 248 Å². The van der Waals surface area contributed by atoms with Crippen LogP contribution in [0, 0.1) is 10.8 Å². The lowest BCUT2D eigenvalue weighted by atomic mass is 9.70. The van der Waals surface area contributed by atoms with Gasteiger partial charge in [0.25, 0.3) is 11.1 Å². The van der Waals surface area contributed by atoms with E-state index < -0.39 is 0 Å². The average molecular weight is 565 g/mol. The van der Waals surface area contributed by atoms with E-state index in [0.717, 1.165) is 41.9 Å². The van der Waals surface area contributed by atoms with E-state index in [1.807, 2.05) is 65.3 Å². The molecule has 2 heterocycles. The van der Waals surface area contributed by atoms with Crippen LogP contribution < -0.4 is 11.1 Å². The van der Waals surface area contributed by atoms with Crippen molar-refractivity contribution in [1.29, 1.82) is 0 Å². The Morgan fingerprint density at radius 2 is 1.24 bits per heavy atom. The lowest BCUT2D eigenvalue weighted by molar-refractivity contribution is 0.216. The monoisotopic (exact) mass is 564 g/mol. The van der Waals surface area contributed by atoms with E-state index in [2.05, 4.69) is 58.2 Å². The maximum Gasteiger partial charge on any atom is 0.275 e. The van der Waals surface area contributed by atoms with Crippen molar-refractivity contribution < 1.29 is 0 Å². The molecule has 0 spiro atoms. The molecule has 42 heavy (non-hydrogen) atoms. The molecule has 0 aliphatic heterocycles. The summed E-state index contributed by atoms with van der Waals surface area (Å²) in [6, 6.07) is 19.9. The molecular weight excluding hydrogens is 520 g/mol. The molecule has 4 bridgehead atoms. The van der Waals surface area contributed by atoms with Gasteiger partial charge in [-0.15, -0.1) is 0 Å². The molecule has 6 nitrogen and oxygen atoms in total. The smallest absolute Gasteiger partial charge is 0.275 e. The number of hydrogen-bond donors (Lipinski definition) is 1. The van der Waals surface area contributed by atoms with Crippen LogP contribution in [0.5, 0.6) is 0 Å². The number of nitrogens with one attached hydrogen (secondary N) is 1. The van der Waals surface area contributed by atoms with E-state index in [1.54, 1.807) is 4.68 Å². The van der Waals surface area contributed by atoms with Gasteiger partial charge in [0.1, 0.15) is 0 Å². The summed E-state index contributed by atoms with van der Waals surface area (Å²) >= 11 is 0. The first-order valence-corrected chi connectivity index (χ1v) is 15.7. The second kappa shape index (κ2) is 8.75. The second-order valence-electron chi connectivity index (χ2n) is 14.6. The zero-order valence-corrected chi connectivity index (χ0v) is 26.1. The van der Waals surface area contributed by atoms with Crippen LogP contribution in [-0.2, 0) is 17.4 Å². The Morgan fingerprint density at radius 1 is 0.714 bits per heavy atom. The largest absolute Gasteiger partial charge is 0.294 e. The summed E-state index contributed by atoms with van der Waals surface area (Å²) in [5.41, 5.74) is 7.42. The van der Waals surface area contributed by atoms with E-state index in [4.69, 9.17) is 0 Å². The minimum Gasteiger partial charge on any atom is -0.294 e. The highest BCUT2D eigenvalue weighted by Gasteiger charge is 2.63. The zero-order valence-electron chi connectivity index (χ0n) is 26.1. The number of benzene rings is 2. The van der Waals surface area contributed by atoms with Gasteiger partial charge in [0.15, 0.2) is 0 Å². The van der Waals surface area contributed by atoms with Crippen LogP contribution in [-0.4, -0.2) is 19.1 Å². The molecule has 4 aromatic rings. The third-order valence-corrected chi connectivity index (χ3v) is 12.6. The molecule has 2 aromatic heterocycles. The van der Waals surface area contributed by atoms with Crippen LogP contribution in [0.25, 0.3) is 11.4 Å². The Bertz CT molecular complexity index is 1800. The van der Waals surface area contributed by atoms with Gasteiger partial charge in [-0.2, -0.15) is 0 Å². The first kappa shape index (κ1) is 27.3. The van der Waals surface area contributed by atoms with Crippen molar-refractivity contribution in [3.8, 4) is 11.4 Å². The first-order valence-electron chi connectivity index (χ1n) is 15.7. The summed E-state index contributed by atoms with van der Waals surface area (Å²) in [4.78, 5) is 26.0. The SMILES string of the molecule is CC1(C)[C@@H]2CC[C@@]1(C)c1[nH]n(-c3ccccc3)c(=O)c12.CCn1c2c(c(=O)n1-c1ccccc1)[C@H]1CC[C@]2(C)C1(C)C. The van der Waals surface area contributed by atoms with Gasteiger partial charge < -0.3 is 0 Å². The maximum absolute atomic E-state index is 13.2. The van der Waals surface area contributed by atoms with Gasteiger partial charge in [0, 0.05) is 34.2 Å². The fourth-order valence-corrected chi connectivity index (χ4v) is 9.42. The summed E-state index contributed by atoms with van der Waals surface area (Å²) in [6.07, 6.45) is 4.65. The molecule has 4 aliphatic carbocycles. The van der Waals surface area contributed by atoms with Crippen LogP contribution >= 0.6 is 0 Å². The number of fused-ring (bicyclic) bond motifs is 10. The van der Waals surface area contributed by atoms with E-state index in [0.29, 0.717) is 11.8 Å². The fraction of sp³-hybridized carbons (Fsp3) is 0.500. The van der Waals surface area contributed by atoms with E-state index >= 15 is 0 Å². The predicted octanol–water partition coefficient (Wildman–Crippen LogP) is 7.17. The summed E-state index contributed by atoms with van der Waals surface area (Å²) in [6.45, 7) is 17.0. The lowest BCUT2D eigenvalue weighted by Crippen LogP contribution is -2.35. The van der Waals surface area contributed by atoms with Gasteiger partial charge in [-0.1, -0.05) is 77.9 Å². The molecule has 8 rings (SSSR count). The van der Waals surface area contributed by atoms with Crippen molar-refractivity contribution >= 4 is 0 Å². The molecule has 2 fully saturated rings. The molecule has 0 radical (unpaired) electrons. The maximum atomic E-state index is 13.2. The Balaban J connectivity index is 0.000000138. The number of nitrogens with zero attached hydrogens (tertiary/aromatic N) is 3. The summed E-state index contributed by atoms with van der Waals surface area (Å²) < 4.78 is 5.85. The number of para-hydroxylation sites is 2. The molecule has 0 saturated heterocycles. The van der Waals surface area contributed by atoms with Gasteiger partial charge in [-0.05, 0) is 79.5 Å². The molecule has 0 amide bonds. The molecule has 1 N–H and O–H groups in total. The highest BCUT2D eigenvalue weighted by molar-refractivity contribution is 5.48. The van der Waals surface area contributed by atoms with Crippen molar-refractivity contribution in [2.24, 2.45) is 10.8 Å². The van der Waals surface area contributed by atoms with Crippen molar-refractivity contribution in [3.63, 3.8) is 0 Å². The molecule has 4 atom stereocenters. The zero-order chi connectivity index (χ0) is 29.8. The number of H-pyrrole nitrogens is 1. The summed E-state index contributed by atoms with van der Waals surface area (Å²) in [7, 11) is 0. The average Bonchev–Trinajstić information content (AvgIpc) is 3.70. The normalized spacial score (nSPS) is 28.8. The Kier molecular flexibility index (Phi) is 5.68. The van der Waals surface area contributed by atoms with Gasteiger partial charge in [-0.25, -0.2) is 9.36 Å². The topological polar surface area (TPSA) is 64.7 Å². The van der Waals surface area contributed by atoms with Crippen LogP contribution in [0.4, 0.5) is 0 Å². The fourth-order valence-electron chi connectivity index (χ4n) is 9.42. The van der Waals surface area contributed by atoms with Gasteiger partial charge in [0.05, 0.1) is 17.1 Å². The van der Waals surface area contributed by atoms with Crippen LogP contribution in [0.1, 0.15) is 109 Å². The standard InChI is InChI=1S/C19H24N2O.C17H20N2O/c1-5-20-16-15(14-11-12-19(16,4)18(14,2)3)17(22)21(20)13-9-7-6-8-10-13;1-16(2)12-9-10-17(16,3)14-13(12)15(20)19(18-14)11-7-5-4-6-8-11/h6-10,14H,5,11-12H2,1-4H3;4-8,12,18H,9-10H2,1-3H3/t14-,19+;12-,17+/m11/s1. The van der Waals surface area contributed by atoms with Gasteiger partial charge in [-0.3, -0.25) is 19.4 Å². The third kappa shape index (κ3) is 3.16. The van der Waals surface area contributed by atoms with Crippen molar-refractivity contribution in [1.82, 2.24) is 19.1 Å². The number of rotatable bonds is 3. The molecule has 0 unspecified atom stereocenters.